The van der Waals surface area contributed by atoms with E-state index in [1.807, 2.05) is 13.0 Å². The van der Waals surface area contributed by atoms with E-state index in [0.29, 0.717) is 0 Å². The predicted molar refractivity (Wildman–Crippen MR) is 68.4 cm³/mol. The van der Waals surface area contributed by atoms with E-state index in [2.05, 4.69) is 17.0 Å². The zero-order valence-electron chi connectivity index (χ0n) is 11.2. The van der Waals surface area contributed by atoms with Gasteiger partial charge in [0.1, 0.15) is 5.75 Å². The molecule has 0 amide bonds. The van der Waals surface area contributed by atoms with Gasteiger partial charge in [0.15, 0.2) is 0 Å². The summed E-state index contributed by atoms with van der Waals surface area (Å²) < 4.78 is 34.4. The molecule has 0 aromatic heterocycles. The molecule has 19 heavy (non-hydrogen) atoms. The van der Waals surface area contributed by atoms with Crippen molar-refractivity contribution >= 4 is 0 Å². The molecule has 1 aliphatic heterocycles. The van der Waals surface area contributed by atoms with E-state index in [1.54, 1.807) is 18.2 Å². The molecule has 2 rings (SSSR count). The molecule has 1 unspecified atom stereocenters. The van der Waals surface area contributed by atoms with Crippen LogP contribution in [-0.2, 0) is 4.74 Å². The average Bonchev–Trinajstić information content (AvgIpc) is 2.33. The normalized spacial score (nSPS) is 19.0. The van der Waals surface area contributed by atoms with Gasteiger partial charge in [-0.15, -0.1) is 0 Å². The van der Waals surface area contributed by atoms with Crippen LogP contribution in [0.15, 0.2) is 24.3 Å². The fourth-order valence-electron chi connectivity index (χ4n) is 2.10. The monoisotopic (exact) mass is 271 g/mol. The van der Waals surface area contributed by atoms with Crippen molar-refractivity contribution in [3.05, 3.63) is 29.8 Å². The molecule has 0 spiro atoms. The second-order valence-corrected chi connectivity index (χ2v) is 5.32. The van der Waals surface area contributed by atoms with Crippen LogP contribution in [-0.4, -0.2) is 26.4 Å². The molecule has 0 radical (unpaired) electrons. The van der Waals surface area contributed by atoms with Gasteiger partial charge in [0.2, 0.25) is 0 Å². The van der Waals surface area contributed by atoms with Crippen LogP contribution in [0.1, 0.15) is 25.5 Å². The van der Waals surface area contributed by atoms with Gasteiger partial charge in [0.05, 0.1) is 13.2 Å². The molecule has 1 heterocycles. The number of halogens is 2. The van der Waals surface area contributed by atoms with E-state index < -0.39 is 6.61 Å². The maximum Gasteiger partial charge on any atom is 0.387 e. The van der Waals surface area contributed by atoms with E-state index in [4.69, 9.17) is 4.74 Å². The van der Waals surface area contributed by atoms with Crippen molar-refractivity contribution < 1.29 is 18.3 Å². The second kappa shape index (κ2) is 5.84. The first-order valence-corrected chi connectivity index (χ1v) is 6.35. The summed E-state index contributed by atoms with van der Waals surface area (Å²) in [6, 6.07) is 6.82. The van der Waals surface area contributed by atoms with Gasteiger partial charge in [0, 0.05) is 23.6 Å². The predicted octanol–water partition coefficient (Wildman–Crippen LogP) is 2.98. The lowest BCUT2D eigenvalue weighted by atomic mass is 9.88. The summed E-state index contributed by atoms with van der Waals surface area (Å²) in [5, 5.41) is 3.35. The molecular weight excluding hydrogens is 252 g/mol. The highest BCUT2D eigenvalue weighted by molar-refractivity contribution is 5.35. The van der Waals surface area contributed by atoms with Crippen LogP contribution in [0.3, 0.4) is 0 Å². The maximum atomic E-state index is 12.3. The quantitative estimate of drug-likeness (QED) is 0.863. The molecule has 1 N–H and O–H groups in total. The standard InChI is InChI=1S/C14H19F2NO2/c1-10(17-7-14(2)8-18-9-14)11-5-3-4-6-12(11)19-13(15)16/h3-6,10,13,17H,7-9H2,1-2H3. The molecule has 1 fully saturated rings. The third-order valence-electron chi connectivity index (χ3n) is 3.34. The van der Waals surface area contributed by atoms with E-state index in [1.165, 1.54) is 0 Å². The molecular formula is C14H19F2NO2. The molecule has 1 atom stereocenters. The van der Waals surface area contributed by atoms with Gasteiger partial charge in [0.25, 0.3) is 0 Å². The molecule has 1 aromatic carbocycles. The Balaban J connectivity index is 1.99. The van der Waals surface area contributed by atoms with Crippen molar-refractivity contribution in [1.82, 2.24) is 5.32 Å². The highest BCUT2D eigenvalue weighted by Gasteiger charge is 2.33. The minimum absolute atomic E-state index is 0.0487. The lowest BCUT2D eigenvalue weighted by Crippen LogP contribution is -2.47. The van der Waals surface area contributed by atoms with Gasteiger partial charge in [-0.25, -0.2) is 0 Å². The third-order valence-corrected chi connectivity index (χ3v) is 3.34. The Morgan fingerprint density at radius 2 is 2.05 bits per heavy atom. The molecule has 1 aromatic rings. The molecule has 1 aliphatic rings. The van der Waals surface area contributed by atoms with E-state index >= 15 is 0 Å². The zero-order valence-corrected chi connectivity index (χ0v) is 11.2. The Bertz CT molecular complexity index is 422. The Hall–Kier alpha value is -1.20. The summed E-state index contributed by atoms with van der Waals surface area (Å²) in [6.07, 6.45) is 0. The minimum Gasteiger partial charge on any atom is -0.434 e. The van der Waals surface area contributed by atoms with Crippen LogP contribution in [0.25, 0.3) is 0 Å². The van der Waals surface area contributed by atoms with Crippen LogP contribution in [0.4, 0.5) is 8.78 Å². The molecule has 1 saturated heterocycles. The topological polar surface area (TPSA) is 30.5 Å². The van der Waals surface area contributed by atoms with Crippen molar-refractivity contribution in [3.63, 3.8) is 0 Å². The first-order valence-electron chi connectivity index (χ1n) is 6.35. The Labute approximate surface area is 111 Å². The van der Waals surface area contributed by atoms with Crippen LogP contribution in [0.5, 0.6) is 5.75 Å². The molecule has 3 nitrogen and oxygen atoms in total. The van der Waals surface area contributed by atoms with E-state index in [9.17, 15) is 8.78 Å². The highest BCUT2D eigenvalue weighted by atomic mass is 19.3. The SMILES string of the molecule is CC(NCC1(C)COC1)c1ccccc1OC(F)F. The summed E-state index contributed by atoms with van der Waals surface area (Å²) in [6.45, 7) is 3.54. The molecule has 0 saturated carbocycles. The largest absolute Gasteiger partial charge is 0.434 e. The van der Waals surface area contributed by atoms with Gasteiger partial charge >= 0.3 is 6.61 Å². The summed E-state index contributed by atoms with van der Waals surface area (Å²) in [4.78, 5) is 0. The van der Waals surface area contributed by atoms with Gasteiger partial charge in [-0.2, -0.15) is 8.78 Å². The molecule has 0 aliphatic carbocycles. The van der Waals surface area contributed by atoms with Crippen molar-refractivity contribution in [2.75, 3.05) is 19.8 Å². The summed E-state index contributed by atoms with van der Waals surface area (Å²) in [5.41, 5.74) is 0.888. The van der Waals surface area contributed by atoms with Gasteiger partial charge in [-0.3, -0.25) is 0 Å². The fourth-order valence-corrected chi connectivity index (χ4v) is 2.10. The smallest absolute Gasteiger partial charge is 0.387 e. The van der Waals surface area contributed by atoms with Crippen molar-refractivity contribution in [2.24, 2.45) is 5.41 Å². The lowest BCUT2D eigenvalue weighted by Gasteiger charge is -2.39. The number of alkyl halides is 2. The number of benzene rings is 1. The fraction of sp³-hybridized carbons (Fsp3) is 0.571. The number of nitrogens with one attached hydrogen (secondary N) is 1. The second-order valence-electron chi connectivity index (χ2n) is 5.32. The van der Waals surface area contributed by atoms with Crippen molar-refractivity contribution in [1.29, 1.82) is 0 Å². The lowest BCUT2D eigenvalue weighted by molar-refractivity contribution is -0.0999. The maximum absolute atomic E-state index is 12.3. The number of para-hydroxylation sites is 1. The molecule has 106 valence electrons. The van der Waals surface area contributed by atoms with Crippen LogP contribution >= 0.6 is 0 Å². The van der Waals surface area contributed by atoms with Crippen LogP contribution in [0.2, 0.25) is 0 Å². The summed E-state index contributed by atoms with van der Waals surface area (Å²) in [5.74, 6) is 0.229. The number of rotatable bonds is 6. The van der Waals surface area contributed by atoms with Gasteiger partial charge < -0.3 is 14.8 Å². The molecule has 0 bridgehead atoms. The van der Waals surface area contributed by atoms with E-state index in [0.717, 1.165) is 25.3 Å². The average molecular weight is 271 g/mol. The Morgan fingerprint density at radius 1 is 1.37 bits per heavy atom. The third kappa shape index (κ3) is 3.64. The first kappa shape index (κ1) is 14.2. The van der Waals surface area contributed by atoms with Crippen LogP contribution < -0.4 is 10.1 Å². The van der Waals surface area contributed by atoms with Gasteiger partial charge in [-0.05, 0) is 13.0 Å². The van der Waals surface area contributed by atoms with E-state index in [-0.39, 0.29) is 17.2 Å². The molecule has 5 heteroatoms. The number of hydrogen-bond acceptors (Lipinski definition) is 3. The Kier molecular flexibility index (Phi) is 4.37. The van der Waals surface area contributed by atoms with Crippen molar-refractivity contribution in [3.8, 4) is 5.75 Å². The summed E-state index contributed by atoms with van der Waals surface area (Å²) in [7, 11) is 0. The summed E-state index contributed by atoms with van der Waals surface area (Å²) >= 11 is 0. The number of ether oxygens (including phenoxy) is 2. The van der Waals surface area contributed by atoms with Gasteiger partial charge in [-0.1, -0.05) is 25.1 Å². The Morgan fingerprint density at radius 3 is 2.63 bits per heavy atom. The minimum atomic E-state index is -2.80. The number of hydrogen-bond donors (Lipinski definition) is 1. The van der Waals surface area contributed by atoms with Crippen molar-refractivity contribution in [2.45, 2.75) is 26.5 Å². The zero-order chi connectivity index (χ0) is 13.9. The first-order chi connectivity index (χ1) is 9.00. The highest BCUT2D eigenvalue weighted by Crippen LogP contribution is 2.29. The van der Waals surface area contributed by atoms with Crippen LogP contribution in [0, 0.1) is 5.41 Å².